The quantitative estimate of drug-likeness (QED) is 0.772. The number of carbonyl (C=O) groups excluding carboxylic acids is 4. The number of nitrogens with one attached hydrogen (secondary N) is 1. The Hall–Kier alpha value is -2.55. The van der Waals surface area contributed by atoms with E-state index in [9.17, 15) is 19.2 Å². The van der Waals surface area contributed by atoms with Gasteiger partial charge in [0.15, 0.2) is 6.61 Å². The van der Waals surface area contributed by atoms with Crippen LogP contribution in [0.3, 0.4) is 0 Å². The van der Waals surface area contributed by atoms with E-state index in [0.717, 1.165) is 4.90 Å². The summed E-state index contributed by atoms with van der Waals surface area (Å²) in [4.78, 5) is 51.6. The highest BCUT2D eigenvalue weighted by Gasteiger charge is 2.23. The lowest BCUT2D eigenvalue weighted by Gasteiger charge is -2.34. The predicted octanol–water partition coefficient (Wildman–Crippen LogP) is 0.968. The Morgan fingerprint density at radius 3 is 2.56 bits per heavy atom. The first-order chi connectivity index (χ1) is 12.9. The number of nitrogens with zero attached hydrogens (tertiary/aromatic N) is 2. The van der Waals surface area contributed by atoms with Crippen molar-refractivity contribution in [1.29, 1.82) is 0 Å². The van der Waals surface area contributed by atoms with Crippen LogP contribution in [0, 0.1) is 0 Å². The van der Waals surface area contributed by atoms with Gasteiger partial charge in [0.2, 0.25) is 11.8 Å². The maximum Gasteiger partial charge on any atom is 0.338 e. The number of anilines is 1. The van der Waals surface area contributed by atoms with E-state index in [1.165, 1.54) is 6.92 Å². The SMILES string of the molecule is CC(=O)N1CCN(C(=O)COC(=O)c2ccc3c(c2)NC(=O)CCS3)CC1. The molecule has 0 saturated carbocycles. The maximum atomic E-state index is 12.3. The standard InChI is InChI=1S/C18H21N3O5S/c1-12(22)20-5-7-21(8-6-20)17(24)11-26-18(25)13-2-3-15-14(10-13)19-16(23)4-9-27-15/h2-3,10H,4-9,11H2,1H3,(H,19,23). The molecule has 1 aromatic rings. The molecule has 0 spiro atoms. The summed E-state index contributed by atoms with van der Waals surface area (Å²) in [6, 6.07) is 4.97. The van der Waals surface area contributed by atoms with Crippen molar-refractivity contribution in [3.63, 3.8) is 0 Å². The summed E-state index contributed by atoms with van der Waals surface area (Å²) in [6.07, 6.45) is 0.421. The lowest BCUT2D eigenvalue weighted by molar-refractivity contribution is -0.140. The van der Waals surface area contributed by atoms with Crippen LogP contribution in [0.4, 0.5) is 5.69 Å². The second-order valence-corrected chi connectivity index (χ2v) is 7.46. The molecule has 144 valence electrons. The van der Waals surface area contributed by atoms with Crippen LogP contribution in [-0.4, -0.2) is 72.0 Å². The van der Waals surface area contributed by atoms with E-state index >= 15 is 0 Å². The highest BCUT2D eigenvalue weighted by molar-refractivity contribution is 7.99. The second-order valence-electron chi connectivity index (χ2n) is 6.32. The molecule has 9 heteroatoms. The summed E-state index contributed by atoms with van der Waals surface area (Å²) in [5.74, 6) is -0.315. The number of hydrogen-bond acceptors (Lipinski definition) is 6. The molecule has 0 aliphatic carbocycles. The molecule has 1 N–H and O–H groups in total. The Labute approximate surface area is 161 Å². The second kappa shape index (κ2) is 8.43. The fourth-order valence-electron chi connectivity index (χ4n) is 2.92. The summed E-state index contributed by atoms with van der Waals surface area (Å²) >= 11 is 1.55. The van der Waals surface area contributed by atoms with Crippen molar-refractivity contribution >= 4 is 41.1 Å². The lowest BCUT2D eigenvalue weighted by Crippen LogP contribution is -2.51. The Morgan fingerprint density at radius 1 is 1.15 bits per heavy atom. The molecule has 1 aromatic carbocycles. The third-order valence-electron chi connectivity index (χ3n) is 4.48. The minimum Gasteiger partial charge on any atom is -0.452 e. The number of fused-ring (bicyclic) bond motifs is 1. The zero-order chi connectivity index (χ0) is 19.4. The molecule has 3 rings (SSSR count). The van der Waals surface area contributed by atoms with Gasteiger partial charge in [-0.05, 0) is 18.2 Å². The van der Waals surface area contributed by atoms with Gasteiger partial charge in [-0.2, -0.15) is 0 Å². The van der Waals surface area contributed by atoms with Crippen LogP contribution >= 0.6 is 11.8 Å². The maximum absolute atomic E-state index is 12.3. The molecule has 3 amide bonds. The highest BCUT2D eigenvalue weighted by Crippen LogP contribution is 2.31. The Kier molecular flexibility index (Phi) is 6.00. The Balaban J connectivity index is 1.54. The number of benzene rings is 1. The number of thioether (sulfide) groups is 1. The zero-order valence-electron chi connectivity index (χ0n) is 15.0. The van der Waals surface area contributed by atoms with Crippen molar-refractivity contribution < 1.29 is 23.9 Å². The molecule has 27 heavy (non-hydrogen) atoms. The Morgan fingerprint density at radius 2 is 1.85 bits per heavy atom. The first kappa shape index (κ1) is 19.2. The zero-order valence-corrected chi connectivity index (χ0v) is 15.8. The molecule has 2 heterocycles. The predicted molar refractivity (Wildman–Crippen MR) is 99.5 cm³/mol. The molecule has 0 atom stereocenters. The van der Waals surface area contributed by atoms with Gasteiger partial charge in [0, 0.05) is 50.2 Å². The topological polar surface area (TPSA) is 96.0 Å². The van der Waals surface area contributed by atoms with E-state index in [0.29, 0.717) is 44.0 Å². The molecule has 2 aliphatic rings. The largest absolute Gasteiger partial charge is 0.452 e. The first-order valence-corrected chi connectivity index (χ1v) is 9.69. The molecule has 0 aromatic heterocycles. The van der Waals surface area contributed by atoms with E-state index in [-0.39, 0.29) is 29.9 Å². The molecule has 8 nitrogen and oxygen atoms in total. The van der Waals surface area contributed by atoms with Gasteiger partial charge < -0.3 is 19.9 Å². The minimum absolute atomic E-state index is 0.0120. The van der Waals surface area contributed by atoms with Crippen molar-refractivity contribution in [2.45, 2.75) is 18.2 Å². The van der Waals surface area contributed by atoms with Gasteiger partial charge in [-0.25, -0.2) is 4.79 Å². The van der Waals surface area contributed by atoms with Crippen LogP contribution in [0.25, 0.3) is 0 Å². The van der Waals surface area contributed by atoms with Gasteiger partial charge in [0.25, 0.3) is 5.91 Å². The molecule has 0 bridgehead atoms. The summed E-state index contributed by atoms with van der Waals surface area (Å²) in [7, 11) is 0. The van der Waals surface area contributed by atoms with Crippen molar-refractivity contribution in [2.75, 3.05) is 43.9 Å². The van der Waals surface area contributed by atoms with Crippen LogP contribution < -0.4 is 5.32 Å². The minimum atomic E-state index is -0.614. The number of esters is 1. The number of carbonyl (C=O) groups is 4. The average molecular weight is 391 g/mol. The number of hydrogen-bond donors (Lipinski definition) is 1. The highest BCUT2D eigenvalue weighted by atomic mass is 32.2. The van der Waals surface area contributed by atoms with Gasteiger partial charge in [-0.15, -0.1) is 11.8 Å². The monoisotopic (exact) mass is 391 g/mol. The lowest BCUT2D eigenvalue weighted by atomic mass is 10.2. The fraction of sp³-hybridized carbons (Fsp3) is 0.444. The third-order valence-corrected chi connectivity index (χ3v) is 5.56. The molecule has 2 aliphatic heterocycles. The van der Waals surface area contributed by atoms with Crippen molar-refractivity contribution in [3.05, 3.63) is 23.8 Å². The summed E-state index contributed by atoms with van der Waals surface area (Å²) in [5.41, 5.74) is 0.870. The third kappa shape index (κ3) is 4.79. The number of piperazine rings is 1. The van der Waals surface area contributed by atoms with Gasteiger partial charge in [-0.3, -0.25) is 14.4 Å². The molecule has 0 radical (unpaired) electrons. The fourth-order valence-corrected chi connectivity index (χ4v) is 3.86. The van der Waals surface area contributed by atoms with Crippen LogP contribution in [0.1, 0.15) is 23.7 Å². The normalized spacial score (nSPS) is 16.9. The summed E-state index contributed by atoms with van der Waals surface area (Å²) in [6.45, 7) is 2.97. The number of amides is 3. The van der Waals surface area contributed by atoms with Crippen LogP contribution in [-0.2, 0) is 19.1 Å². The van der Waals surface area contributed by atoms with E-state index in [2.05, 4.69) is 5.32 Å². The van der Waals surface area contributed by atoms with Gasteiger partial charge in [0.1, 0.15) is 0 Å². The molecule has 1 fully saturated rings. The summed E-state index contributed by atoms with van der Waals surface area (Å²) in [5, 5.41) is 2.77. The molecule has 0 unspecified atom stereocenters. The number of ether oxygens (including phenoxy) is 1. The van der Waals surface area contributed by atoms with Crippen LogP contribution in [0.2, 0.25) is 0 Å². The van der Waals surface area contributed by atoms with Crippen LogP contribution in [0.15, 0.2) is 23.1 Å². The molecular weight excluding hydrogens is 370 g/mol. The van der Waals surface area contributed by atoms with E-state index in [1.807, 2.05) is 0 Å². The molecule has 1 saturated heterocycles. The van der Waals surface area contributed by atoms with Crippen LogP contribution in [0.5, 0.6) is 0 Å². The van der Waals surface area contributed by atoms with Gasteiger partial charge in [-0.1, -0.05) is 0 Å². The van der Waals surface area contributed by atoms with Gasteiger partial charge >= 0.3 is 5.97 Å². The Bertz CT molecular complexity index is 774. The first-order valence-electron chi connectivity index (χ1n) is 8.71. The van der Waals surface area contributed by atoms with E-state index < -0.39 is 5.97 Å². The van der Waals surface area contributed by atoms with Crippen molar-refractivity contribution in [3.8, 4) is 0 Å². The van der Waals surface area contributed by atoms with Gasteiger partial charge in [0.05, 0.1) is 11.3 Å². The van der Waals surface area contributed by atoms with Crippen molar-refractivity contribution in [1.82, 2.24) is 9.80 Å². The smallest absolute Gasteiger partial charge is 0.338 e. The molecular formula is C18H21N3O5S. The van der Waals surface area contributed by atoms with E-state index in [1.54, 1.807) is 39.8 Å². The van der Waals surface area contributed by atoms with Crippen molar-refractivity contribution in [2.24, 2.45) is 0 Å². The summed E-state index contributed by atoms with van der Waals surface area (Å²) < 4.78 is 5.14. The number of rotatable bonds is 3. The average Bonchev–Trinajstić information content (AvgIpc) is 2.85. The van der Waals surface area contributed by atoms with E-state index in [4.69, 9.17) is 4.74 Å².